The molecule has 0 saturated carbocycles. The van der Waals surface area contributed by atoms with Crippen molar-refractivity contribution in [3.05, 3.63) is 48.2 Å². The van der Waals surface area contributed by atoms with Gasteiger partial charge in [0.25, 0.3) is 0 Å². The van der Waals surface area contributed by atoms with Gasteiger partial charge in [-0.3, -0.25) is 0 Å². The van der Waals surface area contributed by atoms with Gasteiger partial charge in [-0.15, -0.1) is 0 Å². The van der Waals surface area contributed by atoms with Gasteiger partial charge in [-0.25, -0.2) is 0 Å². The van der Waals surface area contributed by atoms with Crippen LogP contribution in [0, 0.1) is 6.92 Å². The zero-order valence-corrected chi connectivity index (χ0v) is 10.4. The first-order valence-electron chi connectivity index (χ1n) is 6.22. The molecule has 0 aliphatic heterocycles. The number of hydrogen-bond donors (Lipinski definition) is 2. The highest BCUT2D eigenvalue weighted by molar-refractivity contribution is 6.04. The van der Waals surface area contributed by atoms with Crippen LogP contribution in [0.25, 0.3) is 33.1 Å². The summed E-state index contributed by atoms with van der Waals surface area (Å²) in [5.74, 6) is 0. The molecule has 2 N–H and O–H groups in total. The molecular weight excluding hydrogens is 236 g/mol. The lowest BCUT2D eigenvalue weighted by Gasteiger charge is -2.02. The van der Waals surface area contributed by atoms with Crippen LogP contribution in [0.2, 0.25) is 0 Å². The first-order valence-corrected chi connectivity index (χ1v) is 6.22. The van der Waals surface area contributed by atoms with Gasteiger partial charge in [0.2, 0.25) is 0 Å². The van der Waals surface area contributed by atoms with Crippen LogP contribution in [0.3, 0.4) is 0 Å². The van der Waals surface area contributed by atoms with Gasteiger partial charge < -0.3 is 4.98 Å². The Labute approximate surface area is 109 Å². The van der Waals surface area contributed by atoms with E-state index in [1.54, 1.807) is 0 Å². The van der Waals surface area contributed by atoms with Crippen LogP contribution in [-0.2, 0) is 0 Å². The van der Waals surface area contributed by atoms with E-state index < -0.39 is 0 Å². The van der Waals surface area contributed by atoms with Gasteiger partial charge in [-0.2, -0.15) is 15.4 Å². The minimum atomic E-state index is 0.891. The number of rotatable bonds is 1. The average molecular weight is 248 g/mol. The third-order valence-electron chi connectivity index (χ3n) is 3.51. The molecule has 2 heterocycles. The van der Waals surface area contributed by atoms with E-state index in [1.807, 2.05) is 18.2 Å². The van der Waals surface area contributed by atoms with Crippen LogP contribution in [-0.4, -0.2) is 20.4 Å². The Hall–Kier alpha value is -2.62. The van der Waals surface area contributed by atoms with Crippen LogP contribution in [0.15, 0.2) is 42.5 Å². The summed E-state index contributed by atoms with van der Waals surface area (Å²) in [6.45, 7) is 2.09. The Bertz CT molecular complexity index is 885. The van der Waals surface area contributed by atoms with E-state index in [0.29, 0.717) is 0 Å². The largest absolute Gasteiger partial charge is 0.358 e. The Balaban J connectivity index is 2.15. The van der Waals surface area contributed by atoms with Crippen molar-refractivity contribution in [3.63, 3.8) is 0 Å². The van der Waals surface area contributed by atoms with Crippen molar-refractivity contribution in [3.8, 4) is 11.1 Å². The van der Waals surface area contributed by atoms with E-state index in [-0.39, 0.29) is 0 Å². The summed E-state index contributed by atoms with van der Waals surface area (Å²) in [7, 11) is 0. The van der Waals surface area contributed by atoms with Gasteiger partial charge in [0.15, 0.2) is 0 Å². The molecule has 4 heteroatoms. The summed E-state index contributed by atoms with van der Waals surface area (Å²) in [4.78, 5) is 3.42. The van der Waals surface area contributed by atoms with E-state index in [0.717, 1.165) is 27.8 Å². The van der Waals surface area contributed by atoms with Gasteiger partial charge in [-0.1, -0.05) is 30.3 Å². The molecule has 0 aliphatic rings. The van der Waals surface area contributed by atoms with Crippen LogP contribution in [0.1, 0.15) is 5.69 Å². The molecule has 0 atom stereocenters. The molecule has 0 aliphatic carbocycles. The van der Waals surface area contributed by atoms with Crippen molar-refractivity contribution in [1.82, 2.24) is 20.4 Å². The molecule has 2 aromatic heterocycles. The van der Waals surface area contributed by atoms with E-state index in [1.165, 1.54) is 10.9 Å². The normalized spacial score (nSPS) is 11.4. The number of benzene rings is 2. The second-order valence-corrected chi connectivity index (χ2v) is 4.67. The summed E-state index contributed by atoms with van der Waals surface area (Å²) in [5, 5.41) is 12.3. The van der Waals surface area contributed by atoms with Crippen molar-refractivity contribution in [1.29, 1.82) is 0 Å². The lowest BCUT2D eigenvalue weighted by Crippen LogP contribution is -1.82. The summed E-state index contributed by atoms with van der Waals surface area (Å²) < 4.78 is 0. The number of hydrogen-bond acceptors (Lipinski definition) is 2. The van der Waals surface area contributed by atoms with Gasteiger partial charge in [0, 0.05) is 27.7 Å². The number of aromatic nitrogens is 4. The maximum Gasteiger partial charge on any atom is 0.120 e. The van der Waals surface area contributed by atoms with Gasteiger partial charge >= 0.3 is 0 Å². The molecule has 92 valence electrons. The maximum absolute atomic E-state index is 4.27. The molecule has 4 nitrogen and oxygen atoms in total. The van der Waals surface area contributed by atoms with Crippen LogP contribution in [0.4, 0.5) is 0 Å². The predicted molar refractivity (Wildman–Crippen MR) is 75.9 cm³/mol. The van der Waals surface area contributed by atoms with Crippen LogP contribution >= 0.6 is 0 Å². The maximum atomic E-state index is 4.27. The molecule has 4 rings (SSSR count). The van der Waals surface area contributed by atoms with Crippen molar-refractivity contribution < 1.29 is 0 Å². The highest BCUT2D eigenvalue weighted by atomic mass is 15.3. The number of H-pyrrole nitrogens is 2. The average Bonchev–Trinajstić information content (AvgIpc) is 3.01. The molecule has 0 fully saturated rings. The van der Waals surface area contributed by atoms with Crippen molar-refractivity contribution in [2.45, 2.75) is 6.92 Å². The number of nitrogens with one attached hydrogen (secondary N) is 2. The Morgan fingerprint density at radius 1 is 0.947 bits per heavy atom. The molecule has 0 saturated heterocycles. The molecule has 0 amide bonds. The highest BCUT2D eigenvalue weighted by Crippen LogP contribution is 2.34. The number of nitrogens with zero attached hydrogens (tertiary/aromatic N) is 2. The quantitative estimate of drug-likeness (QED) is 0.542. The molecular formula is C15H12N4. The molecule has 0 radical (unpaired) electrons. The smallest absolute Gasteiger partial charge is 0.120 e. The molecule has 4 aromatic rings. The number of para-hydroxylation sites is 2. The third-order valence-corrected chi connectivity index (χ3v) is 3.51. The SMILES string of the molecule is Cc1[nH]c2ccccc2c1-c1cccc2n[nH]nc12. The second-order valence-electron chi connectivity index (χ2n) is 4.67. The summed E-state index contributed by atoms with van der Waals surface area (Å²) >= 11 is 0. The number of fused-ring (bicyclic) bond motifs is 2. The Morgan fingerprint density at radius 2 is 1.84 bits per heavy atom. The fraction of sp³-hybridized carbons (Fsp3) is 0.0667. The monoisotopic (exact) mass is 248 g/mol. The van der Waals surface area contributed by atoms with Crippen molar-refractivity contribution in [2.24, 2.45) is 0 Å². The predicted octanol–water partition coefficient (Wildman–Crippen LogP) is 3.41. The number of aromatic amines is 2. The molecule has 19 heavy (non-hydrogen) atoms. The molecule has 0 unspecified atom stereocenters. The Morgan fingerprint density at radius 3 is 2.79 bits per heavy atom. The van der Waals surface area contributed by atoms with Crippen LogP contribution < -0.4 is 0 Å². The topological polar surface area (TPSA) is 57.4 Å². The standard InChI is InChI=1S/C15H12N4/c1-9-14(10-5-2-3-7-12(10)16-9)11-6-4-8-13-15(11)18-19-17-13/h2-8,16H,1H3,(H,17,18,19). The molecule has 0 bridgehead atoms. The van der Waals surface area contributed by atoms with Gasteiger partial charge in [0.05, 0.1) is 0 Å². The minimum Gasteiger partial charge on any atom is -0.358 e. The summed E-state index contributed by atoms with van der Waals surface area (Å²) in [6, 6.07) is 14.4. The molecule has 0 spiro atoms. The zero-order valence-electron chi connectivity index (χ0n) is 10.4. The first-order chi connectivity index (χ1) is 9.34. The Kier molecular flexibility index (Phi) is 2.00. The van der Waals surface area contributed by atoms with Gasteiger partial charge in [0.1, 0.15) is 11.0 Å². The zero-order chi connectivity index (χ0) is 12.8. The first kappa shape index (κ1) is 10.3. The van der Waals surface area contributed by atoms with Crippen molar-refractivity contribution >= 4 is 21.9 Å². The van der Waals surface area contributed by atoms with Crippen LogP contribution in [0.5, 0.6) is 0 Å². The third kappa shape index (κ3) is 1.40. The lowest BCUT2D eigenvalue weighted by atomic mass is 10.0. The minimum absolute atomic E-state index is 0.891. The van der Waals surface area contributed by atoms with Gasteiger partial charge in [-0.05, 0) is 19.1 Å². The number of aryl methyl sites for hydroxylation is 1. The lowest BCUT2D eigenvalue weighted by molar-refractivity contribution is 0.959. The van der Waals surface area contributed by atoms with E-state index in [9.17, 15) is 0 Å². The van der Waals surface area contributed by atoms with Crippen molar-refractivity contribution in [2.75, 3.05) is 0 Å². The summed E-state index contributed by atoms with van der Waals surface area (Å²) in [5.41, 5.74) is 6.42. The fourth-order valence-electron chi connectivity index (χ4n) is 2.69. The van der Waals surface area contributed by atoms with E-state index in [2.05, 4.69) is 51.6 Å². The molecule has 2 aromatic carbocycles. The van der Waals surface area contributed by atoms with E-state index in [4.69, 9.17) is 0 Å². The fourth-order valence-corrected chi connectivity index (χ4v) is 2.69. The highest BCUT2D eigenvalue weighted by Gasteiger charge is 2.14. The van der Waals surface area contributed by atoms with E-state index >= 15 is 0 Å². The second kappa shape index (κ2) is 3.68. The summed E-state index contributed by atoms with van der Waals surface area (Å²) in [6.07, 6.45) is 0.